The summed E-state index contributed by atoms with van der Waals surface area (Å²) in [5.41, 5.74) is 1.75. The first-order valence-electron chi connectivity index (χ1n) is 7.51. The highest BCUT2D eigenvalue weighted by Gasteiger charge is 2.17. The fourth-order valence-corrected chi connectivity index (χ4v) is 2.53. The Bertz CT molecular complexity index is 633. The van der Waals surface area contributed by atoms with Gasteiger partial charge in [-0.1, -0.05) is 18.2 Å². The van der Waals surface area contributed by atoms with Crippen molar-refractivity contribution in [2.75, 3.05) is 18.5 Å². The van der Waals surface area contributed by atoms with E-state index >= 15 is 0 Å². The van der Waals surface area contributed by atoms with Crippen molar-refractivity contribution in [3.63, 3.8) is 0 Å². The number of hydrogen-bond donors (Lipinski definition) is 2. The molecule has 1 aliphatic rings. The van der Waals surface area contributed by atoms with E-state index < -0.39 is 0 Å². The molecule has 1 aromatic heterocycles. The Morgan fingerprint density at radius 3 is 2.95 bits per heavy atom. The molecule has 2 aromatic rings. The van der Waals surface area contributed by atoms with Crippen molar-refractivity contribution in [1.29, 1.82) is 0 Å². The number of carbonyl (C=O) groups excluding carboxylic acids is 1. The molecular weight excluding hydrogens is 280 g/mol. The van der Waals surface area contributed by atoms with Gasteiger partial charge in [0.25, 0.3) is 0 Å². The minimum absolute atomic E-state index is 0.131. The number of benzene rings is 1. The van der Waals surface area contributed by atoms with Gasteiger partial charge < -0.3 is 10.1 Å². The quantitative estimate of drug-likeness (QED) is 0.911. The van der Waals surface area contributed by atoms with E-state index in [9.17, 15) is 4.79 Å². The van der Waals surface area contributed by atoms with E-state index in [4.69, 9.17) is 4.74 Å². The number of aryl methyl sites for hydroxylation is 1. The van der Waals surface area contributed by atoms with Crippen LogP contribution in [0.15, 0.2) is 36.4 Å². The van der Waals surface area contributed by atoms with Gasteiger partial charge in [-0.25, -0.2) is 9.48 Å². The molecule has 2 N–H and O–H groups in total. The fraction of sp³-hybridized carbons (Fsp3) is 0.375. The van der Waals surface area contributed by atoms with Gasteiger partial charge in [-0.05, 0) is 31.9 Å². The summed E-state index contributed by atoms with van der Waals surface area (Å²) < 4.78 is 7.21. The summed E-state index contributed by atoms with van der Waals surface area (Å²) in [6.07, 6.45) is 2.20. The molecule has 0 saturated carbocycles. The highest BCUT2D eigenvalue weighted by molar-refractivity contribution is 5.88. The number of nitrogens with zero attached hydrogens (tertiary/aromatic N) is 2. The molecule has 3 rings (SSSR count). The minimum Gasteiger partial charge on any atom is -0.376 e. The number of hydrogen-bond acceptors (Lipinski definition) is 3. The lowest BCUT2D eigenvalue weighted by atomic mass is 10.2. The van der Waals surface area contributed by atoms with Crippen LogP contribution in [0.1, 0.15) is 18.5 Å². The number of nitrogens with one attached hydrogen (secondary N) is 2. The van der Waals surface area contributed by atoms with Crippen molar-refractivity contribution in [1.82, 2.24) is 15.1 Å². The third-order valence-corrected chi connectivity index (χ3v) is 3.59. The van der Waals surface area contributed by atoms with Crippen LogP contribution in [0.4, 0.5) is 10.6 Å². The lowest BCUT2D eigenvalue weighted by molar-refractivity contribution is 0.112. The predicted octanol–water partition coefficient (Wildman–Crippen LogP) is 2.48. The van der Waals surface area contributed by atoms with E-state index in [2.05, 4.69) is 15.7 Å². The van der Waals surface area contributed by atoms with E-state index in [-0.39, 0.29) is 12.1 Å². The van der Waals surface area contributed by atoms with E-state index in [1.807, 2.05) is 43.3 Å². The molecular formula is C16H20N4O2. The first kappa shape index (κ1) is 14.6. The summed E-state index contributed by atoms with van der Waals surface area (Å²) in [6, 6.07) is 11.3. The van der Waals surface area contributed by atoms with Crippen LogP contribution in [-0.2, 0) is 4.74 Å². The Labute approximate surface area is 129 Å². The average molecular weight is 300 g/mol. The number of para-hydroxylation sites is 1. The van der Waals surface area contributed by atoms with Crippen molar-refractivity contribution in [2.24, 2.45) is 0 Å². The minimum atomic E-state index is -0.243. The van der Waals surface area contributed by atoms with Gasteiger partial charge >= 0.3 is 6.03 Å². The molecule has 116 valence electrons. The van der Waals surface area contributed by atoms with Crippen LogP contribution in [0.3, 0.4) is 0 Å². The summed E-state index contributed by atoms with van der Waals surface area (Å²) in [5, 5.41) is 10.1. The van der Waals surface area contributed by atoms with Gasteiger partial charge in [0.1, 0.15) is 5.82 Å². The Morgan fingerprint density at radius 1 is 1.41 bits per heavy atom. The van der Waals surface area contributed by atoms with Crippen molar-refractivity contribution in [3.8, 4) is 5.69 Å². The maximum absolute atomic E-state index is 12.0. The van der Waals surface area contributed by atoms with Crippen LogP contribution in [0.5, 0.6) is 0 Å². The molecule has 0 bridgehead atoms. The van der Waals surface area contributed by atoms with Crippen molar-refractivity contribution >= 4 is 11.8 Å². The molecule has 1 fully saturated rings. The Kier molecular flexibility index (Phi) is 4.39. The van der Waals surface area contributed by atoms with Crippen LogP contribution >= 0.6 is 0 Å². The van der Waals surface area contributed by atoms with E-state index in [0.29, 0.717) is 12.4 Å². The van der Waals surface area contributed by atoms with Crippen molar-refractivity contribution in [3.05, 3.63) is 42.1 Å². The lowest BCUT2D eigenvalue weighted by Gasteiger charge is -2.12. The first-order chi connectivity index (χ1) is 10.7. The molecule has 1 unspecified atom stereocenters. The molecule has 0 radical (unpaired) electrons. The van der Waals surface area contributed by atoms with Crippen LogP contribution in [0, 0.1) is 6.92 Å². The van der Waals surface area contributed by atoms with Gasteiger partial charge in [0.15, 0.2) is 0 Å². The zero-order chi connectivity index (χ0) is 15.4. The smallest absolute Gasteiger partial charge is 0.320 e. The number of rotatable bonds is 4. The van der Waals surface area contributed by atoms with E-state index in [1.165, 1.54) is 0 Å². The molecule has 1 atom stereocenters. The van der Waals surface area contributed by atoms with Crippen LogP contribution < -0.4 is 10.6 Å². The Hall–Kier alpha value is -2.34. The largest absolute Gasteiger partial charge is 0.376 e. The van der Waals surface area contributed by atoms with Crippen LogP contribution in [0.25, 0.3) is 5.69 Å². The Morgan fingerprint density at radius 2 is 2.23 bits per heavy atom. The second-order valence-electron chi connectivity index (χ2n) is 5.39. The van der Waals surface area contributed by atoms with Gasteiger partial charge in [0, 0.05) is 19.2 Å². The van der Waals surface area contributed by atoms with E-state index in [0.717, 1.165) is 30.8 Å². The van der Waals surface area contributed by atoms with Gasteiger partial charge in [0.05, 0.1) is 17.5 Å². The summed E-state index contributed by atoms with van der Waals surface area (Å²) >= 11 is 0. The molecule has 2 amide bonds. The lowest BCUT2D eigenvalue weighted by Crippen LogP contribution is -2.35. The third-order valence-electron chi connectivity index (χ3n) is 3.59. The highest BCUT2D eigenvalue weighted by Crippen LogP contribution is 2.17. The normalized spacial score (nSPS) is 17.4. The molecule has 22 heavy (non-hydrogen) atoms. The monoisotopic (exact) mass is 300 g/mol. The van der Waals surface area contributed by atoms with Crippen molar-refractivity contribution in [2.45, 2.75) is 25.9 Å². The molecule has 0 spiro atoms. The fourth-order valence-electron chi connectivity index (χ4n) is 2.53. The number of carbonyl (C=O) groups is 1. The highest BCUT2D eigenvalue weighted by atomic mass is 16.5. The average Bonchev–Trinajstić information content (AvgIpc) is 3.16. The molecule has 1 saturated heterocycles. The van der Waals surface area contributed by atoms with Crippen LogP contribution in [-0.4, -0.2) is 35.1 Å². The molecule has 2 heterocycles. The molecule has 1 aromatic carbocycles. The number of amides is 2. The second kappa shape index (κ2) is 6.62. The van der Waals surface area contributed by atoms with Crippen molar-refractivity contribution < 1.29 is 9.53 Å². The summed E-state index contributed by atoms with van der Waals surface area (Å²) in [7, 11) is 0. The molecule has 6 nitrogen and oxygen atoms in total. The van der Waals surface area contributed by atoms with E-state index in [1.54, 1.807) is 4.68 Å². The van der Waals surface area contributed by atoms with Crippen LogP contribution in [0.2, 0.25) is 0 Å². The summed E-state index contributed by atoms with van der Waals surface area (Å²) in [5.74, 6) is 0.647. The van der Waals surface area contributed by atoms with Gasteiger partial charge in [-0.15, -0.1) is 0 Å². The summed E-state index contributed by atoms with van der Waals surface area (Å²) in [6.45, 7) is 3.22. The SMILES string of the molecule is Cc1cc(NC(=O)NCC2CCCO2)n(-c2ccccc2)n1. The van der Waals surface area contributed by atoms with Gasteiger partial charge in [-0.3, -0.25) is 5.32 Å². The zero-order valence-electron chi connectivity index (χ0n) is 12.6. The summed E-state index contributed by atoms with van der Waals surface area (Å²) in [4.78, 5) is 12.0. The standard InChI is InChI=1S/C16H20N4O2/c1-12-10-15(20(19-12)13-6-3-2-4-7-13)18-16(21)17-11-14-8-5-9-22-14/h2-4,6-7,10,14H,5,8-9,11H2,1H3,(H2,17,18,21). The van der Waals surface area contributed by atoms with Gasteiger partial charge in [-0.2, -0.15) is 5.10 Å². The number of aromatic nitrogens is 2. The number of anilines is 1. The second-order valence-corrected chi connectivity index (χ2v) is 5.39. The topological polar surface area (TPSA) is 68.2 Å². The Balaban J connectivity index is 1.65. The maximum Gasteiger partial charge on any atom is 0.320 e. The van der Waals surface area contributed by atoms with Gasteiger partial charge in [0.2, 0.25) is 0 Å². The molecule has 1 aliphatic heterocycles. The zero-order valence-corrected chi connectivity index (χ0v) is 12.6. The number of urea groups is 1. The number of ether oxygens (including phenoxy) is 1. The molecule has 6 heteroatoms. The first-order valence-corrected chi connectivity index (χ1v) is 7.51. The predicted molar refractivity (Wildman–Crippen MR) is 84.3 cm³/mol. The molecule has 0 aliphatic carbocycles. The maximum atomic E-state index is 12.0. The third kappa shape index (κ3) is 3.46.